The number of benzene rings is 1. The topological polar surface area (TPSA) is 83.9 Å². The number of sulfone groups is 1. The van der Waals surface area contributed by atoms with Crippen molar-refractivity contribution in [2.75, 3.05) is 14.1 Å². The molecule has 1 aromatic carbocycles. The molecule has 0 radical (unpaired) electrons. The summed E-state index contributed by atoms with van der Waals surface area (Å²) in [6, 6.07) is 5.16. The van der Waals surface area contributed by atoms with Gasteiger partial charge in [0.05, 0.1) is 4.90 Å². The number of carbonyl (C=O) groups is 1. The number of nitroso groups, excluding NO2 is 1. The minimum atomic E-state index is -4.14. The minimum absolute atomic E-state index is 0.174. The number of carbonyl (C=O) groups excluding carboxylic acids is 1. The molecule has 1 amide bonds. The van der Waals surface area contributed by atoms with Crippen LogP contribution in [0.3, 0.4) is 0 Å². The molecular formula is C10H11ClN2O4S. The standard InChI is InChI=1S/C10H11ClN2O4S/c1-13(2)10(14)9(12-15)18(16,17)8-5-3-7(11)4-6-8/h3-6,9H,1-2H3. The smallest absolute Gasteiger partial charge is 0.274 e. The molecule has 0 fully saturated rings. The summed E-state index contributed by atoms with van der Waals surface area (Å²) in [6.07, 6.45) is 0. The SMILES string of the molecule is CN(C)C(=O)C(N=O)S(=O)(=O)c1ccc(Cl)cc1. The van der Waals surface area contributed by atoms with E-state index in [1.54, 1.807) is 0 Å². The maximum Gasteiger partial charge on any atom is 0.274 e. The summed E-state index contributed by atoms with van der Waals surface area (Å²) in [5.74, 6) is -0.889. The summed E-state index contributed by atoms with van der Waals surface area (Å²) >= 11 is 5.63. The summed E-state index contributed by atoms with van der Waals surface area (Å²) in [5.41, 5.74) is 0. The van der Waals surface area contributed by atoms with Crippen molar-refractivity contribution in [3.63, 3.8) is 0 Å². The second-order valence-electron chi connectivity index (χ2n) is 3.69. The van der Waals surface area contributed by atoms with Gasteiger partial charge in [0.1, 0.15) is 0 Å². The summed E-state index contributed by atoms with van der Waals surface area (Å²) in [6.45, 7) is 0. The molecule has 0 aliphatic carbocycles. The Morgan fingerprint density at radius 1 is 1.28 bits per heavy atom. The molecule has 0 N–H and O–H groups in total. The highest BCUT2D eigenvalue weighted by Gasteiger charge is 2.36. The Morgan fingerprint density at radius 2 is 1.78 bits per heavy atom. The Morgan fingerprint density at radius 3 is 2.17 bits per heavy atom. The van der Waals surface area contributed by atoms with Crippen molar-refractivity contribution in [3.05, 3.63) is 34.2 Å². The van der Waals surface area contributed by atoms with Crippen LogP contribution >= 0.6 is 11.6 Å². The largest absolute Gasteiger partial charge is 0.346 e. The summed E-state index contributed by atoms with van der Waals surface area (Å²) < 4.78 is 24.1. The van der Waals surface area contributed by atoms with Crippen molar-refractivity contribution in [2.45, 2.75) is 10.3 Å². The summed E-state index contributed by atoms with van der Waals surface area (Å²) in [4.78, 5) is 23.0. The van der Waals surface area contributed by atoms with Crippen LogP contribution in [0.2, 0.25) is 5.02 Å². The zero-order valence-electron chi connectivity index (χ0n) is 9.70. The third kappa shape index (κ3) is 2.85. The van der Waals surface area contributed by atoms with Gasteiger partial charge in [0, 0.05) is 19.1 Å². The number of likely N-dealkylation sites (N-methyl/N-ethyl adjacent to an activating group) is 1. The fourth-order valence-corrected chi connectivity index (χ4v) is 2.70. The van der Waals surface area contributed by atoms with E-state index in [0.717, 1.165) is 4.90 Å². The fourth-order valence-electron chi connectivity index (χ4n) is 1.21. The Bertz CT molecular complexity index is 554. The molecular weight excluding hydrogens is 280 g/mol. The second kappa shape index (κ2) is 5.45. The van der Waals surface area contributed by atoms with Crippen LogP contribution in [0.1, 0.15) is 0 Å². The van der Waals surface area contributed by atoms with Gasteiger partial charge in [0.15, 0.2) is 0 Å². The maximum absolute atomic E-state index is 12.0. The van der Waals surface area contributed by atoms with Crippen LogP contribution in [0.25, 0.3) is 0 Å². The number of nitrogens with zero attached hydrogens (tertiary/aromatic N) is 2. The van der Waals surface area contributed by atoms with E-state index in [9.17, 15) is 18.1 Å². The van der Waals surface area contributed by atoms with Gasteiger partial charge in [-0.15, -0.1) is 4.91 Å². The lowest BCUT2D eigenvalue weighted by Crippen LogP contribution is -2.37. The van der Waals surface area contributed by atoms with Crippen molar-refractivity contribution in [3.8, 4) is 0 Å². The first-order valence-electron chi connectivity index (χ1n) is 4.84. The van der Waals surface area contributed by atoms with Crippen LogP contribution in [0, 0.1) is 4.91 Å². The minimum Gasteiger partial charge on any atom is -0.346 e. The molecule has 1 atom stereocenters. The quantitative estimate of drug-likeness (QED) is 0.782. The van der Waals surface area contributed by atoms with E-state index >= 15 is 0 Å². The van der Waals surface area contributed by atoms with Gasteiger partial charge in [-0.05, 0) is 29.4 Å². The van der Waals surface area contributed by atoms with Crippen LogP contribution in [0.4, 0.5) is 0 Å². The molecule has 0 aliphatic heterocycles. The Hall–Kier alpha value is -1.47. The molecule has 1 rings (SSSR count). The predicted octanol–water partition coefficient (Wildman–Crippen LogP) is 1.29. The lowest BCUT2D eigenvalue weighted by Gasteiger charge is -2.15. The first-order chi connectivity index (χ1) is 8.30. The van der Waals surface area contributed by atoms with E-state index in [1.165, 1.54) is 38.4 Å². The lowest BCUT2D eigenvalue weighted by molar-refractivity contribution is -0.128. The average Bonchev–Trinajstić information content (AvgIpc) is 2.29. The Labute approximate surface area is 109 Å². The van der Waals surface area contributed by atoms with E-state index in [4.69, 9.17) is 11.6 Å². The van der Waals surface area contributed by atoms with Crippen molar-refractivity contribution < 1.29 is 13.2 Å². The highest BCUT2D eigenvalue weighted by Crippen LogP contribution is 2.20. The number of hydrogen-bond donors (Lipinski definition) is 0. The van der Waals surface area contributed by atoms with Gasteiger partial charge in [-0.25, -0.2) is 8.42 Å². The monoisotopic (exact) mass is 290 g/mol. The molecule has 0 saturated carbocycles. The normalized spacial score (nSPS) is 12.8. The molecule has 0 bridgehead atoms. The van der Waals surface area contributed by atoms with E-state index < -0.39 is 21.1 Å². The molecule has 0 aliphatic rings. The van der Waals surface area contributed by atoms with Gasteiger partial charge in [0.2, 0.25) is 9.84 Å². The Balaban J connectivity index is 3.23. The van der Waals surface area contributed by atoms with Gasteiger partial charge in [-0.1, -0.05) is 11.6 Å². The van der Waals surface area contributed by atoms with Gasteiger partial charge in [-0.3, -0.25) is 4.79 Å². The molecule has 0 saturated heterocycles. The van der Waals surface area contributed by atoms with Crippen LogP contribution in [0.15, 0.2) is 34.3 Å². The highest BCUT2D eigenvalue weighted by atomic mass is 35.5. The van der Waals surface area contributed by atoms with Crippen molar-refractivity contribution in [2.24, 2.45) is 5.18 Å². The average molecular weight is 291 g/mol. The first kappa shape index (κ1) is 14.6. The van der Waals surface area contributed by atoms with E-state index in [2.05, 4.69) is 5.18 Å². The molecule has 6 nitrogen and oxygen atoms in total. The number of rotatable bonds is 4. The molecule has 8 heteroatoms. The van der Waals surface area contributed by atoms with Crippen molar-refractivity contribution in [1.82, 2.24) is 4.90 Å². The molecule has 1 unspecified atom stereocenters. The lowest BCUT2D eigenvalue weighted by atomic mass is 10.4. The third-order valence-corrected chi connectivity index (χ3v) is 4.24. The molecule has 1 aromatic rings. The first-order valence-corrected chi connectivity index (χ1v) is 6.76. The van der Waals surface area contributed by atoms with Gasteiger partial charge >= 0.3 is 0 Å². The van der Waals surface area contributed by atoms with E-state index in [0.29, 0.717) is 5.02 Å². The van der Waals surface area contributed by atoms with Crippen LogP contribution < -0.4 is 0 Å². The van der Waals surface area contributed by atoms with Gasteiger partial charge in [0.25, 0.3) is 11.3 Å². The summed E-state index contributed by atoms with van der Waals surface area (Å²) in [7, 11) is -1.45. The van der Waals surface area contributed by atoms with Crippen LogP contribution in [-0.2, 0) is 14.6 Å². The highest BCUT2D eigenvalue weighted by molar-refractivity contribution is 7.92. The van der Waals surface area contributed by atoms with Crippen molar-refractivity contribution >= 4 is 27.3 Å². The van der Waals surface area contributed by atoms with Gasteiger partial charge < -0.3 is 4.90 Å². The molecule has 0 aromatic heterocycles. The zero-order valence-corrected chi connectivity index (χ0v) is 11.3. The number of halogens is 1. The molecule has 0 spiro atoms. The maximum atomic E-state index is 12.0. The van der Waals surface area contributed by atoms with Gasteiger partial charge in [-0.2, -0.15) is 0 Å². The predicted molar refractivity (Wildman–Crippen MR) is 66.9 cm³/mol. The molecule has 98 valence electrons. The van der Waals surface area contributed by atoms with Crippen LogP contribution in [-0.4, -0.2) is 38.7 Å². The molecule has 0 heterocycles. The third-order valence-electron chi connectivity index (χ3n) is 2.18. The fraction of sp³-hybridized carbons (Fsp3) is 0.300. The van der Waals surface area contributed by atoms with Crippen LogP contribution in [0.5, 0.6) is 0 Å². The van der Waals surface area contributed by atoms with E-state index in [-0.39, 0.29) is 4.90 Å². The zero-order chi connectivity index (χ0) is 13.9. The number of amides is 1. The Kier molecular flexibility index (Phi) is 4.42. The van der Waals surface area contributed by atoms with E-state index in [1.807, 2.05) is 0 Å². The second-order valence-corrected chi connectivity index (χ2v) is 6.13. The molecule has 18 heavy (non-hydrogen) atoms. The summed E-state index contributed by atoms with van der Waals surface area (Å²) in [5, 5.41) is 0.790. The van der Waals surface area contributed by atoms with Crippen molar-refractivity contribution in [1.29, 1.82) is 0 Å². The number of hydrogen-bond acceptors (Lipinski definition) is 5.